The summed E-state index contributed by atoms with van der Waals surface area (Å²) in [7, 11) is 2.16. The second kappa shape index (κ2) is 3.58. The van der Waals surface area contributed by atoms with Gasteiger partial charge < -0.3 is 9.21 Å². The van der Waals surface area contributed by atoms with Crippen molar-refractivity contribution >= 4 is 45.5 Å². The van der Waals surface area contributed by atoms with Gasteiger partial charge in [-0.2, -0.15) is 0 Å². The van der Waals surface area contributed by atoms with Gasteiger partial charge in [0.05, 0.1) is 5.52 Å². The van der Waals surface area contributed by atoms with Crippen LogP contribution in [0.2, 0.25) is 6.82 Å². The van der Waals surface area contributed by atoms with E-state index in [1.807, 2.05) is 6.20 Å². The smallest absolute Gasteiger partial charge is 0.306 e. The number of nitrogens with zero attached hydrogens (tertiary/aromatic N) is 3. The molecule has 21 heavy (non-hydrogen) atoms. The third kappa shape index (κ3) is 1.19. The van der Waals surface area contributed by atoms with Gasteiger partial charge in [-0.05, 0) is 18.5 Å². The fraction of sp³-hybridized carbons (Fsp3) is 0.118. The van der Waals surface area contributed by atoms with Crippen molar-refractivity contribution in [2.24, 2.45) is 0 Å². The minimum absolute atomic E-state index is 0.333. The van der Waals surface area contributed by atoms with Gasteiger partial charge in [0.25, 0.3) is 0 Å². The number of aromatic nitrogens is 2. The molecule has 5 rings (SSSR count). The summed E-state index contributed by atoms with van der Waals surface area (Å²) in [6, 6.07) is 15.1. The predicted octanol–water partition coefficient (Wildman–Crippen LogP) is 2.92. The van der Waals surface area contributed by atoms with Gasteiger partial charge in [0, 0.05) is 28.2 Å². The average Bonchev–Trinajstić information content (AvgIpc) is 2.98. The summed E-state index contributed by atoms with van der Waals surface area (Å²) in [5, 5.41) is 3.81. The molecule has 0 fully saturated rings. The predicted molar refractivity (Wildman–Crippen MR) is 89.9 cm³/mol. The Morgan fingerprint density at radius 2 is 1.71 bits per heavy atom. The van der Waals surface area contributed by atoms with E-state index in [9.17, 15) is 0 Å². The van der Waals surface area contributed by atoms with Crippen molar-refractivity contribution in [2.75, 3.05) is 11.9 Å². The number of pyridine rings is 1. The van der Waals surface area contributed by atoms with Gasteiger partial charge in [-0.1, -0.05) is 43.2 Å². The Morgan fingerprint density at radius 3 is 2.57 bits per heavy atom. The molecule has 0 spiro atoms. The number of fused-ring (bicyclic) bond motifs is 3. The number of hydrogen-bond acceptors (Lipinski definition) is 2. The molecule has 3 nitrogen and oxygen atoms in total. The molecule has 0 saturated heterocycles. The SMILES string of the molecule is CB1c2cnc3c4ccccc4c4cccc(c4n23)N1C. The molecule has 4 heteroatoms. The van der Waals surface area contributed by atoms with E-state index in [2.05, 4.69) is 65.5 Å². The quantitative estimate of drug-likeness (QED) is 0.362. The number of anilines is 1. The minimum atomic E-state index is 0.333. The zero-order chi connectivity index (χ0) is 14.1. The topological polar surface area (TPSA) is 20.5 Å². The van der Waals surface area contributed by atoms with Crippen LogP contribution in [0.1, 0.15) is 0 Å². The Balaban J connectivity index is 2.21. The fourth-order valence-corrected chi connectivity index (χ4v) is 3.67. The molecule has 2 aromatic heterocycles. The minimum Gasteiger partial charge on any atom is -0.411 e. The number of benzene rings is 2. The van der Waals surface area contributed by atoms with E-state index >= 15 is 0 Å². The monoisotopic (exact) mass is 271 g/mol. The lowest BCUT2D eigenvalue weighted by atomic mass is 9.59. The molecule has 2 aromatic carbocycles. The molecule has 0 atom stereocenters. The van der Waals surface area contributed by atoms with E-state index in [1.165, 1.54) is 33.0 Å². The van der Waals surface area contributed by atoms with Crippen molar-refractivity contribution in [3.05, 3.63) is 48.7 Å². The average molecular weight is 271 g/mol. The zero-order valence-corrected chi connectivity index (χ0v) is 12.0. The highest BCUT2D eigenvalue weighted by atomic mass is 15.1. The van der Waals surface area contributed by atoms with E-state index in [4.69, 9.17) is 4.98 Å². The molecule has 1 aliphatic rings. The van der Waals surface area contributed by atoms with Crippen molar-refractivity contribution in [1.29, 1.82) is 0 Å². The lowest BCUT2D eigenvalue weighted by Crippen LogP contribution is -2.48. The second-order valence-electron chi connectivity index (χ2n) is 5.85. The van der Waals surface area contributed by atoms with Crippen LogP contribution >= 0.6 is 0 Å². The largest absolute Gasteiger partial charge is 0.411 e. The van der Waals surface area contributed by atoms with Crippen molar-refractivity contribution in [1.82, 2.24) is 9.38 Å². The van der Waals surface area contributed by atoms with Gasteiger partial charge in [0.2, 0.25) is 0 Å². The standard InChI is InChI=1S/C17H14BN3/c1-18-15-10-19-17-13-7-4-3-6-11(13)12-8-5-9-14(20(18)2)16(12)21(15)17/h3-10H,1-2H3. The first-order valence-corrected chi connectivity index (χ1v) is 7.31. The molecule has 0 unspecified atom stereocenters. The second-order valence-corrected chi connectivity index (χ2v) is 5.85. The van der Waals surface area contributed by atoms with Crippen LogP contribution in [0.15, 0.2) is 48.7 Å². The van der Waals surface area contributed by atoms with Crippen LogP contribution < -0.4 is 10.4 Å². The molecule has 0 aliphatic carbocycles. The maximum Gasteiger partial charge on any atom is 0.306 e. The van der Waals surface area contributed by atoms with Gasteiger partial charge >= 0.3 is 6.85 Å². The van der Waals surface area contributed by atoms with Crippen LogP contribution in [0.5, 0.6) is 0 Å². The highest BCUT2D eigenvalue weighted by molar-refractivity contribution is 6.76. The number of para-hydroxylation sites is 1. The molecule has 0 bridgehead atoms. The molecule has 0 radical (unpaired) electrons. The van der Waals surface area contributed by atoms with Gasteiger partial charge in [-0.15, -0.1) is 0 Å². The molecule has 0 saturated carbocycles. The highest BCUT2D eigenvalue weighted by Crippen LogP contribution is 2.35. The number of rotatable bonds is 0. The lowest BCUT2D eigenvalue weighted by Gasteiger charge is -2.31. The molecule has 100 valence electrons. The highest BCUT2D eigenvalue weighted by Gasteiger charge is 2.29. The summed E-state index contributed by atoms with van der Waals surface area (Å²) >= 11 is 0. The first-order chi connectivity index (χ1) is 10.3. The first-order valence-electron chi connectivity index (χ1n) is 7.31. The molecule has 3 heterocycles. The zero-order valence-electron chi connectivity index (χ0n) is 12.0. The van der Waals surface area contributed by atoms with Crippen LogP contribution in [-0.4, -0.2) is 23.3 Å². The molecule has 0 amide bonds. The van der Waals surface area contributed by atoms with Crippen molar-refractivity contribution in [3.63, 3.8) is 0 Å². The van der Waals surface area contributed by atoms with E-state index in [0.717, 1.165) is 5.65 Å². The maximum atomic E-state index is 4.72. The number of hydrogen-bond donors (Lipinski definition) is 0. The molecule has 1 aliphatic heterocycles. The Labute approximate surface area is 122 Å². The molecular weight excluding hydrogens is 257 g/mol. The van der Waals surface area contributed by atoms with E-state index < -0.39 is 0 Å². The van der Waals surface area contributed by atoms with Crippen LogP contribution in [0.3, 0.4) is 0 Å². The van der Waals surface area contributed by atoms with Crippen molar-refractivity contribution in [2.45, 2.75) is 6.82 Å². The Kier molecular flexibility index (Phi) is 1.91. The Hall–Kier alpha value is -2.49. The normalized spacial score (nSPS) is 14.0. The van der Waals surface area contributed by atoms with Crippen LogP contribution in [-0.2, 0) is 0 Å². The van der Waals surface area contributed by atoms with Crippen molar-refractivity contribution in [3.8, 4) is 0 Å². The summed E-state index contributed by atoms with van der Waals surface area (Å²) in [4.78, 5) is 7.06. The summed E-state index contributed by atoms with van der Waals surface area (Å²) in [6.07, 6.45) is 2.03. The summed E-state index contributed by atoms with van der Waals surface area (Å²) in [5.41, 5.74) is 4.89. The van der Waals surface area contributed by atoms with Gasteiger partial charge in [0.15, 0.2) is 0 Å². The fourth-order valence-electron chi connectivity index (χ4n) is 3.67. The third-order valence-corrected chi connectivity index (χ3v) is 4.87. The summed E-state index contributed by atoms with van der Waals surface area (Å²) in [5.74, 6) is 0. The van der Waals surface area contributed by atoms with Gasteiger partial charge in [-0.25, -0.2) is 4.98 Å². The first kappa shape index (κ1) is 11.2. The van der Waals surface area contributed by atoms with E-state index in [0.29, 0.717) is 6.85 Å². The summed E-state index contributed by atoms with van der Waals surface area (Å²) in [6.45, 7) is 2.57. The Bertz CT molecular complexity index is 1030. The van der Waals surface area contributed by atoms with E-state index in [-0.39, 0.29) is 0 Å². The Morgan fingerprint density at radius 1 is 0.952 bits per heavy atom. The van der Waals surface area contributed by atoms with Crippen LogP contribution in [0.4, 0.5) is 5.69 Å². The lowest BCUT2D eigenvalue weighted by molar-refractivity contribution is 1.21. The van der Waals surface area contributed by atoms with Crippen LogP contribution in [0, 0.1) is 0 Å². The van der Waals surface area contributed by atoms with Crippen molar-refractivity contribution < 1.29 is 0 Å². The van der Waals surface area contributed by atoms with E-state index in [1.54, 1.807) is 0 Å². The third-order valence-electron chi connectivity index (χ3n) is 4.87. The van der Waals surface area contributed by atoms with Gasteiger partial charge in [0.1, 0.15) is 5.65 Å². The molecule has 0 N–H and O–H groups in total. The number of imidazole rings is 1. The van der Waals surface area contributed by atoms with Gasteiger partial charge in [-0.3, -0.25) is 0 Å². The summed E-state index contributed by atoms with van der Waals surface area (Å²) < 4.78 is 2.34. The van der Waals surface area contributed by atoms with Crippen LogP contribution in [0.25, 0.3) is 27.3 Å². The molecular formula is C17H14BN3. The molecule has 4 aromatic rings. The maximum absolute atomic E-state index is 4.72.